The summed E-state index contributed by atoms with van der Waals surface area (Å²) in [5.74, 6) is 1.04. The summed E-state index contributed by atoms with van der Waals surface area (Å²) in [4.78, 5) is 0. The summed E-state index contributed by atoms with van der Waals surface area (Å²) in [6.45, 7) is 2.27. The van der Waals surface area contributed by atoms with Crippen LogP contribution in [-0.4, -0.2) is 34.3 Å². The highest BCUT2D eigenvalue weighted by Crippen LogP contribution is 2.26. The quantitative estimate of drug-likeness (QED) is 0.766. The summed E-state index contributed by atoms with van der Waals surface area (Å²) in [7, 11) is 0. The number of hydrogen-bond acceptors (Lipinski definition) is 4. The molecule has 3 rings (SSSR count). The molecule has 1 saturated carbocycles. The van der Waals surface area contributed by atoms with E-state index in [0.29, 0.717) is 6.04 Å². The van der Waals surface area contributed by atoms with E-state index in [1.165, 1.54) is 90.0 Å². The normalized spacial score (nSPS) is 23.4. The van der Waals surface area contributed by atoms with Crippen molar-refractivity contribution in [3.63, 3.8) is 0 Å². The molecule has 0 bridgehead atoms. The van der Waals surface area contributed by atoms with E-state index in [0.717, 1.165) is 12.4 Å². The minimum atomic E-state index is 0.684. The van der Waals surface area contributed by atoms with Gasteiger partial charge in [-0.1, -0.05) is 57.8 Å². The summed E-state index contributed by atoms with van der Waals surface area (Å²) in [5, 5.41) is 13.7. The predicted octanol–water partition coefficient (Wildman–Crippen LogP) is 4.97. The second-order valence-electron chi connectivity index (χ2n) is 7.49. The topological polar surface area (TPSA) is 32.3 Å². The Morgan fingerprint density at radius 1 is 0.750 bits per heavy atom. The lowest BCUT2D eigenvalue weighted by Gasteiger charge is -2.41. The minimum absolute atomic E-state index is 0.684. The fourth-order valence-corrected chi connectivity index (χ4v) is 4.28. The minimum Gasteiger partial charge on any atom is -0.288 e. The molecule has 0 unspecified atom stereocenters. The van der Waals surface area contributed by atoms with Gasteiger partial charge in [-0.2, -0.15) is 5.10 Å². The lowest BCUT2D eigenvalue weighted by molar-refractivity contribution is 0.152. The summed E-state index contributed by atoms with van der Waals surface area (Å²) in [6.07, 6.45) is 19.6. The van der Waals surface area contributed by atoms with Gasteiger partial charge in [0, 0.05) is 25.3 Å². The first kappa shape index (κ1) is 17.7. The van der Waals surface area contributed by atoms with E-state index in [9.17, 15) is 0 Å². The smallest absolute Gasteiger partial charge is 0.165 e. The van der Waals surface area contributed by atoms with Crippen LogP contribution >= 0.6 is 0 Å². The molecule has 2 heterocycles. The monoisotopic (exact) mass is 330 g/mol. The third kappa shape index (κ3) is 5.17. The standard InChI is InChI=1S/C20H34N4/c1-2-5-9-14-19(13-8-4-1)23-17-10-6-3-7-11-18-24(23)20-15-12-16-21-22-20/h12,15-16,19H,1-11,13-14,17-18H2. The predicted molar refractivity (Wildman–Crippen MR) is 99.9 cm³/mol. The molecule has 1 saturated heterocycles. The fourth-order valence-electron chi connectivity index (χ4n) is 4.28. The van der Waals surface area contributed by atoms with Gasteiger partial charge in [0.15, 0.2) is 5.82 Å². The molecular weight excluding hydrogens is 296 g/mol. The second kappa shape index (κ2) is 9.97. The number of hydrogen-bond donors (Lipinski definition) is 0. The third-order valence-electron chi connectivity index (χ3n) is 5.64. The fraction of sp³-hybridized carbons (Fsp3) is 0.800. The van der Waals surface area contributed by atoms with Crippen LogP contribution in [0, 0.1) is 0 Å². The molecule has 0 atom stereocenters. The van der Waals surface area contributed by atoms with Crippen LogP contribution in [0.5, 0.6) is 0 Å². The van der Waals surface area contributed by atoms with Crippen LogP contribution < -0.4 is 5.01 Å². The summed E-state index contributed by atoms with van der Waals surface area (Å²) >= 11 is 0. The van der Waals surface area contributed by atoms with Gasteiger partial charge in [0.05, 0.1) is 0 Å². The van der Waals surface area contributed by atoms with Crippen LogP contribution in [-0.2, 0) is 0 Å². The van der Waals surface area contributed by atoms with Gasteiger partial charge in [-0.3, -0.25) is 5.01 Å². The van der Waals surface area contributed by atoms with E-state index < -0.39 is 0 Å². The van der Waals surface area contributed by atoms with Crippen LogP contribution in [0.15, 0.2) is 18.3 Å². The molecule has 2 fully saturated rings. The molecule has 1 aliphatic carbocycles. The van der Waals surface area contributed by atoms with Crippen LogP contribution in [0.2, 0.25) is 0 Å². The number of aromatic nitrogens is 2. The van der Waals surface area contributed by atoms with Crippen LogP contribution in [0.25, 0.3) is 0 Å². The van der Waals surface area contributed by atoms with Gasteiger partial charge in [0.1, 0.15) is 0 Å². The first-order valence-corrected chi connectivity index (χ1v) is 10.3. The van der Waals surface area contributed by atoms with Crippen molar-refractivity contribution in [1.29, 1.82) is 0 Å². The maximum Gasteiger partial charge on any atom is 0.165 e. The molecule has 0 aromatic carbocycles. The van der Waals surface area contributed by atoms with E-state index in [4.69, 9.17) is 0 Å². The van der Waals surface area contributed by atoms with Crippen molar-refractivity contribution in [2.24, 2.45) is 0 Å². The molecule has 1 aromatic rings. The van der Waals surface area contributed by atoms with E-state index in [1.807, 2.05) is 6.07 Å². The maximum atomic E-state index is 4.45. The first-order valence-electron chi connectivity index (χ1n) is 10.3. The Morgan fingerprint density at radius 2 is 1.38 bits per heavy atom. The lowest BCUT2D eigenvalue weighted by Crippen LogP contribution is -2.50. The van der Waals surface area contributed by atoms with Crippen molar-refractivity contribution in [1.82, 2.24) is 15.2 Å². The molecule has 24 heavy (non-hydrogen) atoms. The molecule has 134 valence electrons. The van der Waals surface area contributed by atoms with Crippen molar-refractivity contribution >= 4 is 5.82 Å². The molecule has 2 aliphatic rings. The second-order valence-corrected chi connectivity index (χ2v) is 7.49. The number of anilines is 1. The van der Waals surface area contributed by atoms with Crippen LogP contribution in [0.3, 0.4) is 0 Å². The van der Waals surface area contributed by atoms with Crippen LogP contribution in [0.1, 0.15) is 83.5 Å². The van der Waals surface area contributed by atoms with Gasteiger partial charge in [-0.05, 0) is 37.8 Å². The number of rotatable bonds is 2. The summed E-state index contributed by atoms with van der Waals surface area (Å²) in [6, 6.07) is 4.84. The van der Waals surface area contributed by atoms with Crippen molar-refractivity contribution in [3.8, 4) is 0 Å². The highest BCUT2D eigenvalue weighted by Gasteiger charge is 2.26. The van der Waals surface area contributed by atoms with Gasteiger partial charge in [-0.25, -0.2) is 5.01 Å². The van der Waals surface area contributed by atoms with Crippen molar-refractivity contribution in [3.05, 3.63) is 18.3 Å². The molecule has 4 heteroatoms. The van der Waals surface area contributed by atoms with Gasteiger partial charge in [0.25, 0.3) is 0 Å². The van der Waals surface area contributed by atoms with E-state index in [-0.39, 0.29) is 0 Å². The maximum absolute atomic E-state index is 4.45. The molecule has 4 nitrogen and oxygen atoms in total. The Morgan fingerprint density at radius 3 is 2.04 bits per heavy atom. The average molecular weight is 331 g/mol. The van der Waals surface area contributed by atoms with E-state index in [2.05, 4.69) is 26.3 Å². The SMILES string of the molecule is c1cnnc(N2CCCCCCCN2C2CCCCCCCC2)c1. The lowest BCUT2D eigenvalue weighted by atomic mass is 10.0. The first-order chi connectivity index (χ1) is 11.9. The van der Waals surface area contributed by atoms with Gasteiger partial charge in [-0.15, -0.1) is 5.10 Å². The molecule has 1 aliphatic heterocycles. The molecule has 0 radical (unpaired) electrons. The highest BCUT2D eigenvalue weighted by molar-refractivity contribution is 5.35. The summed E-state index contributed by atoms with van der Waals surface area (Å²) in [5.41, 5.74) is 0. The zero-order chi connectivity index (χ0) is 16.5. The number of nitrogens with zero attached hydrogens (tertiary/aromatic N) is 4. The average Bonchev–Trinajstić information content (AvgIpc) is 2.84. The Bertz CT molecular complexity index is 440. The Hall–Kier alpha value is -1.16. The van der Waals surface area contributed by atoms with Crippen molar-refractivity contribution in [2.75, 3.05) is 18.1 Å². The summed E-state index contributed by atoms with van der Waals surface area (Å²) < 4.78 is 0. The third-order valence-corrected chi connectivity index (χ3v) is 5.64. The number of hydrazine groups is 1. The molecule has 0 amide bonds. The molecule has 1 aromatic heterocycles. The van der Waals surface area contributed by atoms with Gasteiger partial charge in [0.2, 0.25) is 0 Å². The highest BCUT2D eigenvalue weighted by atomic mass is 15.7. The van der Waals surface area contributed by atoms with Gasteiger partial charge >= 0.3 is 0 Å². The van der Waals surface area contributed by atoms with Gasteiger partial charge < -0.3 is 0 Å². The largest absolute Gasteiger partial charge is 0.288 e. The van der Waals surface area contributed by atoms with Crippen LogP contribution in [0.4, 0.5) is 5.82 Å². The Balaban J connectivity index is 1.79. The van der Waals surface area contributed by atoms with Crippen molar-refractivity contribution in [2.45, 2.75) is 89.5 Å². The molecular formula is C20H34N4. The van der Waals surface area contributed by atoms with Crippen molar-refractivity contribution < 1.29 is 0 Å². The van der Waals surface area contributed by atoms with E-state index in [1.54, 1.807) is 6.20 Å². The molecule has 0 N–H and O–H groups in total. The molecule has 0 spiro atoms. The zero-order valence-corrected chi connectivity index (χ0v) is 15.2. The Labute approximate surface area is 147 Å². The van der Waals surface area contributed by atoms with E-state index >= 15 is 0 Å². The zero-order valence-electron chi connectivity index (χ0n) is 15.2. The Kier molecular flexibility index (Phi) is 7.34.